The standard InChI is InChI=1S/C17H14N4O6/c1-19-14(18-12-6-4-3-5-11(12)15(19)22)9-20-8-10(17(24)27-2)7-13(16(20)23)21(25)26/h3-8H,9H2,1-2H3. The Bertz CT molecular complexity index is 1190. The van der Waals surface area contributed by atoms with Gasteiger partial charge >= 0.3 is 17.2 Å². The fourth-order valence-corrected chi connectivity index (χ4v) is 2.66. The van der Waals surface area contributed by atoms with Crippen molar-refractivity contribution < 1.29 is 14.5 Å². The minimum atomic E-state index is -0.921. The maximum Gasteiger partial charge on any atom is 0.339 e. The Labute approximate surface area is 151 Å². The molecule has 0 fully saturated rings. The van der Waals surface area contributed by atoms with Crippen molar-refractivity contribution in [2.24, 2.45) is 7.05 Å². The van der Waals surface area contributed by atoms with Crippen LogP contribution in [0.5, 0.6) is 0 Å². The number of fused-ring (bicyclic) bond motifs is 1. The average Bonchev–Trinajstić information content (AvgIpc) is 2.66. The predicted octanol–water partition coefficient (Wildman–Crippen LogP) is 0.838. The molecule has 0 bridgehead atoms. The molecule has 2 heterocycles. The summed E-state index contributed by atoms with van der Waals surface area (Å²) in [6.07, 6.45) is 1.14. The number of nitro groups is 1. The third-order valence-electron chi connectivity index (χ3n) is 4.07. The molecule has 138 valence electrons. The number of hydrogen-bond acceptors (Lipinski definition) is 7. The number of pyridine rings is 1. The fraction of sp³-hybridized carbons (Fsp3) is 0.176. The zero-order valence-electron chi connectivity index (χ0n) is 14.4. The lowest BCUT2D eigenvalue weighted by atomic mass is 10.2. The van der Waals surface area contributed by atoms with Gasteiger partial charge in [0, 0.05) is 19.3 Å². The molecule has 0 aliphatic carbocycles. The maximum atomic E-state index is 12.5. The van der Waals surface area contributed by atoms with Crippen LogP contribution in [0.4, 0.5) is 5.69 Å². The maximum absolute atomic E-state index is 12.5. The molecular formula is C17H14N4O6. The monoisotopic (exact) mass is 370 g/mol. The van der Waals surface area contributed by atoms with Crippen LogP contribution in [0.1, 0.15) is 16.2 Å². The topological polar surface area (TPSA) is 126 Å². The summed E-state index contributed by atoms with van der Waals surface area (Å²) in [6, 6.07) is 7.56. The molecule has 10 heteroatoms. The normalized spacial score (nSPS) is 10.7. The van der Waals surface area contributed by atoms with E-state index in [1.807, 2.05) is 0 Å². The first-order valence-electron chi connectivity index (χ1n) is 7.75. The summed E-state index contributed by atoms with van der Waals surface area (Å²) in [7, 11) is 2.61. The SMILES string of the molecule is COC(=O)c1cc([N+](=O)[O-])c(=O)n(Cc2nc3ccccc3c(=O)n2C)c1. The molecule has 0 aliphatic rings. The molecule has 0 saturated carbocycles. The van der Waals surface area contributed by atoms with E-state index in [0.29, 0.717) is 10.9 Å². The van der Waals surface area contributed by atoms with E-state index in [1.165, 1.54) is 11.6 Å². The molecule has 0 unspecified atom stereocenters. The molecule has 3 aromatic rings. The van der Waals surface area contributed by atoms with Crippen LogP contribution in [-0.2, 0) is 18.3 Å². The smallest absolute Gasteiger partial charge is 0.339 e. The molecule has 1 aromatic carbocycles. The van der Waals surface area contributed by atoms with Crippen LogP contribution >= 0.6 is 0 Å². The summed E-state index contributed by atoms with van der Waals surface area (Å²) in [5.74, 6) is -0.621. The number of para-hydroxylation sites is 1. The van der Waals surface area contributed by atoms with E-state index >= 15 is 0 Å². The lowest BCUT2D eigenvalue weighted by molar-refractivity contribution is -0.386. The van der Waals surface area contributed by atoms with E-state index in [4.69, 9.17) is 0 Å². The van der Waals surface area contributed by atoms with Gasteiger partial charge in [-0.05, 0) is 12.1 Å². The van der Waals surface area contributed by atoms with Gasteiger partial charge in [0.2, 0.25) is 0 Å². The zero-order chi connectivity index (χ0) is 19.7. The Balaban J connectivity index is 2.20. The zero-order valence-corrected chi connectivity index (χ0v) is 14.4. The first-order chi connectivity index (χ1) is 12.8. The van der Waals surface area contributed by atoms with Crippen LogP contribution < -0.4 is 11.1 Å². The molecule has 0 radical (unpaired) electrons. The Morgan fingerprint density at radius 3 is 2.63 bits per heavy atom. The molecular weight excluding hydrogens is 356 g/mol. The number of ether oxygens (including phenoxy) is 1. The molecule has 0 saturated heterocycles. The highest BCUT2D eigenvalue weighted by atomic mass is 16.6. The summed E-state index contributed by atoms with van der Waals surface area (Å²) >= 11 is 0. The second kappa shape index (κ2) is 6.83. The van der Waals surface area contributed by atoms with Crippen molar-refractivity contribution in [3.63, 3.8) is 0 Å². The van der Waals surface area contributed by atoms with Crippen molar-refractivity contribution in [1.29, 1.82) is 0 Å². The van der Waals surface area contributed by atoms with E-state index in [9.17, 15) is 24.5 Å². The number of carbonyl (C=O) groups excluding carboxylic acids is 1. The van der Waals surface area contributed by atoms with Gasteiger partial charge in [0.25, 0.3) is 5.56 Å². The number of aromatic nitrogens is 3. The lowest BCUT2D eigenvalue weighted by Gasteiger charge is -2.11. The number of methoxy groups -OCH3 is 1. The minimum Gasteiger partial charge on any atom is -0.465 e. The highest BCUT2D eigenvalue weighted by Crippen LogP contribution is 2.12. The van der Waals surface area contributed by atoms with Crippen molar-refractivity contribution in [3.05, 3.63) is 78.7 Å². The fourth-order valence-electron chi connectivity index (χ4n) is 2.66. The molecule has 0 aliphatic heterocycles. The van der Waals surface area contributed by atoms with Crippen LogP contribution in [0.2, 0.25) is 0 Å². The van der Waals surface area contributed by atoms with Gasteiger partial charge in [-0.3, -0.25) is 24.3 Å². The molecule has 0 N–H and O–H groups in total. The van der Waals surface area contributed by atoms with Crippen molar-refractivity contribution >= 4 is 22.6 Å². The number of rotatable bonds is 4. The number of carbonyl (C=O) groups is 1. The van der Waals surface area contributed by atoms with Gasteiger partial charge in [0.05, 0.1) is 35.0 Å². The Morgan fingerprint density at radius 2 is 1.96 bits per heavy atom. The van der Waals surface area contributed by atoms with Gasteiger partial charge in [0.15, 0.2) is 0 Å². The molecule has 0 amide bonds. The molecule has 27 heavy (non-hydrogen) atoms. The molecule has 10 nitrogen and oxygen atoms in total. The summed E-state index contributed by atoms with van der Waals surface area (Å²) in [6.45, 7) is -0.235. The first kappa shape index (κ1) is 18.0. The Kier molecular flexibility index (Phi) is 4.55. The van der Waals surface area contributed by atoms with Gasteiger partial charge in [-0.25, -0.2) is 9.78 Å². The van der Waals surface area contributed by atoms with E-state index in [0.717, 1.165) is 23.9 Å². The van der Waals surface area contributed by atoms with Gasteiger partial charge in [-0.2, -0.15) is 0 Å². The summed E-state index contributed by atoms with van der Waals surface area (Å²) in [5.41, 5.74) is -1.74. The largest absolute Gasteiger partial charge is 0.465 e. The highest BCUT2D eigenvalue weighted by Gasteiger charge is 2.21. The molecule has 0 atom stereocenters. The van der Waals surface area contributed by atoms with Gasteiger partial charge in [0.1, 0.15) is 5.82 Å². The summed E-state index contributed by atoms with van der Waals surface area (Å²) in [5, 5.41) is 11.6. The van der Waals surface area contributed by atoms with E-state index in [2.05, 4.69) is 9.72 Å². The Hall–Kier alpha value is -3.82. The van der Waals surface area contributed by atoms with Crippen LogP contribution in [0.15, 0.2) is 46.1 Å². The van der Waals surface area contributed by atoms with Crippen molar-refractivity contribution in [2.75, 3.05) is 7.11 Å². The number of hydrogen-bond donors (Lipinski definition) is 0. The summed E-state index contributed by atoms with van der Waals surface area (Å²) in [4.78, 5) is 51.3. The third kappa shape index (κ3) is 3.19. The van der Waals surface area contributed by atoms with Gasteiger partial charge in [-0.15, -0.1) is 0 Å². The van der Waals surface area contributed by atoms with E-state index in [-0.39, 0.29) is 23.5 Å². The van der Waals surface area contributed by atoms with E-state index < -0.39 is 22.1 Å². The van der Waals surface area contributed by atoms with Crippen LogP contribution in [0, 0.1) is 10.1 Å². The van der Waals surface area contributed by atoms with Crippen molar-refractivity contribution in [1.82, 2.24) is 14.1 Å². The first-order valence-corrected chi connectivity index (χ1v) is 7.75. The second-order valence-electron chi connectivity index (χ2n) is 5.71. The van der Waals surface area contributed by atoms with Gasteiger partial charge < -0.3 is 9.30 Å². The van der Waals surface area contributed by atoms with Crippen molar-refractivity contribution in [2.45, 2.75) is 6.54 Å². The quantitative estimate of drug-likeness (QED) is 0.378. The highest BCUT2D eigenvalue weighted by molar-refractivity contribution is 5.89. The lowest BCUT2D eigenvalue weighted by Crippen LogP contribution is -2.29. The number of esters is 1. The van der Waals surface area contributed by atoms with Crippen LogP contribution in [-0.4, -0.2) is 32.1 Å². The van der Waals surface area contributed by atoms with Crippen molar-refractivity contribution in [3.8, 4) is 0 Å². The summed E-state index contributed by atoms with van der Waals surface area (Å²) < 4.78 is 6.78. The van der Waals surface area contributed by atoms with E-state index in [1.54, 1.807) is 24.3 Å². The van der Waals surface area contributed by atoms with Crippen LogP contribution in [0.3, 0.4) is 0 Å². The third-order valence-corrected chi connectivity index (χ3v) is 4.07. The molecule has 2 aromatic heterocycles. The Morgan fingerprint density at radius 1 is 1.26 bits per heavy atom. The predicted molar refractivity (Wildman–Crippen MR) is 94.8 cm³/mol. The minimum absolute atomic E-state index is 0.158. The van der Waals surface area contributed by atoms with Gasteiger partial charge in [-0.1, -0.05) is 12.1 Å². The van der Waals surface area contributed by atoms with Crippen LogP contribution in [0.25, 0.3) is 10.9 Å². The number of benzene rings is 1. The average molecular weight is 370 g/mol. The molecule has 3 rings (SSSR count). The molecule has 0 spiro atoms. The number of nitrogens with zero attached hydrogens (tertiary/aromatic N) is 4. The second-order valence-corrected chi connectivity index (χ2v) is 5.71.